The van der Waals surface area contributed by atoms with Crippen molar-refractivity contribution in [2.75, 3.05) is 12.0 Å². The van der Waals surface area contributed by atoms with Gasteiger partial charge in [0.1, 0.15) is 11.6 Å². The summed E-state index contributed by atoms with van der Waals surface area (Å²) in [7, 11) is 1.52. The zero-order valence-electron chi connectivity index (χ0n) is 12.5. The maximum absolute atomic E-state index is 13.0. The molecule has 0 unspecified atom stereocenters. The van der Waals surface area contributed by atoms with E-state index >= 15 is 0 Å². The first kappa shape index (κ1) is 17.0. The van der Waals surface area contributed by atoms with Gasteiger partial charge in [0.2, 0.25) is 0 Å². The average molecular weight is 380 g/mol. The number of carbonyl (C=O) groups is 1. The number of methoxy groups -OCH3 is 1. The maximum atomic E-state index is 13.0. The Morgan fingerprint density at radius 2 is 1.96 bits per heavy atom. The number of carbonyl (C=O) groups excluding carboxylic acids is 1. The normalized spacial score (nSPS) is 16.1. The second-order valence-corrected chi connectivity index (χ2v) is 6.97. The van der Waals surface area contributed by atoms with E-state index in [1.54, 1.807) is 36.4 Å². The van der Waals surface area contributed by atoms with E-state index in [1.807, 2.05) is 0 Å². The van der Waals surface area contributed by atoms with Crippen LogP contribution in [0.15, 0.2) is 47.4 Å². The quantitative estimate of drug-likeness (QED) is 0.560. The fourth-order valence-corrected chi connectivity index (χ4v) is 3.75. The van der Waals surface area contributed by atoms with Crippen LogP contribution in [0.2, 0.25) is 5.02 Å². The third kappa shape index (κ3) is 3.31. The number of hydrogen-bond acceptors (Lipinski definition) is 4. The predicted octanol–water partition coefficient (Wildman–Crippen LogP) is 4.89. The molecule has 3 rings (SSSR count). The molecular weight excluding hydrogens is 369 g/mol. The summed E-state index contributed by atoms with van der Waals surface area (Å²) in [6, 6.07) is 10.9. The van der Waals surface area contributed by atoms with Gasteiger partial charge < -0.3 is 4.74 Å². The lowest BCUT2D eigenvalue weighted by Gasteiger charge is -2.15. The lowest BCUT2D eigenvalue weighted by Crippen LogP contribution is -2.27. The summed E-state index contributed by atoms with van der Waals surface area (Å²) in [5.41, 5.74) is 1.30. The van der Waals surface area contributed by atoms with Gasteiger partial charge in [-0.25, -0.2) is 4.39 Å². The lowest BCUT2D eigenvalue weighted by atomic mass is 10.2. The molecule has 0 atom stereocenters. The van der Waals surface area contributed by atoms with E-state index in [0.29, 0.717) is 25.7 Å². The van der Waals surface area contributed by atoms with Crippen molar-refractivity contribution in [3.8, 4) is 5.75 Å². The van der Waals surface area contributed by atoms with Crippen molar-refractivity contribution < 1.29 is 13.9 Å². The molecule has 2 aromatic carbocycles. The van der Waals surface area contributed by atoms with Crippen LogP contribution in [0.25, 0.3) is 6.08 Å². The second kappa shape index (κ2) is 6.93. The Morgan fingerprint density at radius 1 is 1.25 bits per heavy atom. The predicted molar refractivity (Wildman–Crippen MR) is 100 cm³/mol. The molecular formula is C17H11ClFNO2S2. The van der Waals surface area contributed by atoms with Gasteiger partial charge in [-0.2, -0.15) is 0 Å². The summed E-state index contributed by atoms with van der Waals surface area (Å²) in [5.74, 6) is -0.0455. The van der Waals surface area contributed by atoms with Gasteiger partial charge >= 0.3 is 0 Å². The standard InChI is InChI=1S/C17H11ClFNO2S2/c1-22-14-7-6-12(9-13(14)18)20-16(21)15(24-17(20)23)8-10-2-4-11(19)5-3-10/h2-9H,1H3/b15-8-. The van der Waals surface area contributed by atoms with Crippen LogP contribution in [0.1, 0.15) is 5.56 Å². The molecule has 0 saturated carbocycles. The van der Waals surface area contributed by atoms with Gasteiger partial charge in [0, 0.05) is 0 Å². The summed E-state index contributed by atoms with van der Waals surface area (Å²) >= 11 is 12.6. The fourth-order valence-electron chi connectivity index (χ4n) is 2.20. The molecule has 0 aliphatic carbocycles. The van der Waals surface area contributed by atoms with E-state index < -0.39 is 0 Å². The fraction of sp³-hybridized carbons (Fsp3) is 0.0588. The number of thioether (sulfide) groups is 1. The van der Waals surface area contributed by atoms with Crippen molar-refractivity contribution in [2.24, 2.45) is 0 Å². The largest absolute Gasteiger partial charge is 0.495 e. The Hall–Kier alpha value is -1.89. The number of halogens is 2. The zero-order chi connectivity index (χ0) is 17.3. The van der Waals surface area contributed by atoms with Gasteiger partial charge in [-0.05, 0) is 42.0 Å². The Bertz CT molecular complexity index is 852. The molecule has 1 aliphatic heterocycles. The SMILES string of the molecule is COc1ccc(N2C(=O)/C(=C/c3ccc(F)cc3)SC2=S)cc1Cl. The Labute approximate surface area is 153 Å². The molecule has 7 heteroatoms. The van der Waals surface area contributed by atoms with E-state index in [-0.39, 0.29) is 11.7 Å². The molecule has 1 aliphatic rings. The molecule has 1 amide bonds. The molecule has 122 valence electrons. The first-order valence-corrected chi connectivity index (χ1v) is 8.47. The van der Waals surface area contributed by atoms with Crippen molar-refractivity contribution >= 4 is 57.6 Å². The number of benzene rings is 2. The highest BCUT2D eigenvalue weighted by atomic mass is 35.5. The van der Waals surface area contributed by atoms with E-state index in [2.05, 4.69) is 0 Å². The topological polar surface area (TPSA) is 29.5 Å². The number of hydrogen-bond donors (Lipinski definition) is 0. The summed E-state index contributed by atoms with van der Waals surface area (Å²) in [5, 5.41) is 0.395. The molecule has 2 aromatic rings. The molecule has 1 heterocycles. The number of amides is 1. The van der Waals surface area contributed by atoms with Gasteiger partial charge in [-0.3, -0.25) is 9.69 Å². The third-order valence-corrected chi connectivity index (χ3v) is 4.95. The minimum atomic E-state index is -0.326. The monoisotopic (exact) mass is 379 g/mol. The van der Waals surface area contributed by atoms with Crippen LogP contribution in [-0.2, 0) is 4.79 Å². The van der Waals surface area contributed by atoms with Crippen LogP contribution >= 0.6 is 35.6 Å². The van der Waals surface area contributed by atoms with Gasteiger partial charge in [0.25, 0.3) is 5.91 Å². The van der Waals surface area contributed by atoms with Crippen molar-refractivity contribution in [1.82, 2.24) is 0 Å². The van der Waals surface area contributed by atoms with E-state index in [0.717, 1.165) is 5.56 Å². The van der Waals surface area contributed by atoms with Crippen LogP contribution < -0.4 is 9.64 Å². The molecule has 1 fully saturated rings. The van der Waals surface area contributed by atoms with Crippen molar-refractivity contribution in [1.29, 1.82) is 0 Å². The van der Waals surface area contributed by atoms with Crippen LogP contribution in [0.3, 0.4) is 0 Å². The van der Waals surface area contributed by atoms with Gasteiger partial charge in [0.15, 0.2) is 4.32 Å². The van der Waals surface area contributed by atoms with E-state index in [4.69, 9.17) is 28.6 Å². The third-order valence-electron chi connectivity index (χ3n) is 3.36. The zero-order valence-corrected chi connectivity index (χ0v) is 14.8. The van der Waals surface area contributed by atoms with E-state index in [1.165, 1.54) is 35.9 Å². The molecule has 1 saturated heterocycles. The highest BCUT2D eigenvalue weighted by Gasteiger charge is 2.33. The summed E-state index contributed by atoms with van der Waals surface area (Å²) in [4.78, 5) is 14.5. The minimum absolute atomic E-state index is 0.240. The van der Waals surface area contributed by atoms with Crippen LogP contribution in [0.5, 0.6) is 5.75 Å². The summed E-state index contributed by atoms with van der Waals surface area (Å²) in [6.07, 6.45) is 1.68. The maximum Gasteiger partial charge on any atom is 0.270 e. The molecule has 0 bridgehead atoms. The van der Waals surface area contributed by atoms with Crippen LogP contribution in [0, 0.1) is 5.82 Å². The number of thiocarbonyl (C=S) groups is 1. The van der Waals surface area contributed by atoms with Crippen molar-refractivity contribution in [3.63, 3.8) is 0 Å². The highest BCUT2D eigenvalue weighted by molar-refractivity contribution is 8.27. The average Bonchev–Trinajstić information content (AvgIpc) is 2.83. The number of ether oxygens (including phenoxy) is 1. The van der Waals surface area contributed by atoms with Gasteiger partial charge in [0.05, 0.1) is 22.7 Å². The molecule has 0 N–H and O–H groups in total. The Balaban J connectivity index is 1.91. The molecule has 0 aromatic heterocycles. The Morgan fingerprint density at radius 3 is 2.58 bits per heavy atom. The molecule has 0 radical (unpaired) electrons. The highest BCUT2D eigenvalue weighted by Crippen LogP contribution is 2.38. The van der Waals surface area contributed by atoms with Gasteiger partial charge in [-0.15, -0.1) is 0 Å². The molecule has 24 heavy (non-hydrogen) atoms. The van der Waals surface area contributed by atoms with Gasteiger partial charge in [-0.1, -0.05) is 47.7 Å². The number of nitrogens with zero attached hydrogens (tertiary/aromatic N) is 1. The Kier molecular flexibility index (Phi) is 4.89. The van der Waals surface area contributed by atoms with Crippen LogP contribution in [0.4, 0.5) is 10.1 Å². The number of rotatable bonds is 3. The first-order chi connectivity index (χ1) is 11.5. The minimum Gasteiger partial charge on any atom is -0.495 e. The first-order valence-electron chi connectivity index (χ1n) is 6.86. The van der Waals surface area contributed by atoms with Crippen LogP contribution in [-0.4, -0.2) is 17.3 Å². The molecule has 0 spiro atoms. The summed E-state index contributed by atoms with van der Waals surface area (Å²) in [6.45, 7) is 0. The van der Waals surface area contributed by atoms with Crippen molar-refractivity contribution in [2.45, 2.75) is 0 Å². The lowest BCUT2D eigenvalue weighted by molar-refractivity contribution is -0.113. The summed E-state index contributed by atoms with van der Waals surface area (Å²) < 4.78 is 18.5. The van der Waals surface area contributed by atoms with E-state index in [9.17, 15) is 9.18 Å². The van der Waals surface area contributed by atoms with Crippen molar-refractivity contribution in [3.05, 3.63) is 63.8 Å². The molecule has 3 nitrogen and oxygen atoms in total. The smallest absolute Gasteiger partial charge is 0.270 e. The second-order valence-electron chi connectivity index (χ2n) is 4.89. The number of anilines is 1.